The molecule has 22 nitrogen and oxygen atoms in total. The number of nitrogens with one attached hydrogen (secondary N) is 4. The fourth-order valence-electron chi connectivity index (χ4n) is 12.2. The van der Waals surface area contributed by atoms with Gasteiger partial charge in [-0.05, 0) is 100 Å². The second-order valence-corrected chi connectivity index (χ2v) is 26.9. The van der Waals surface area contributed by atoms with Crippen LogP contribution < -0.4 is 21.3 Å². The summed E-state index contributed by atoms with van der Waals surface area (Å²) in [4.78, 5) is 167. The SMILES string of the molecule is CC[C@H](C)[C@@H]1NC(=O)[C@H](C)N(C)C(=O)C[C@@H](C)NC(=O)[C@H](CC(C)C)N(C)C(=O)C2(CCCC2)NC(=O)[C@H](CC(C)C)N(C)C(=O)[C@H](CCc2ccc(C(F)(F)F)c(Cl)c2)NC(=O)CN(C)C(=O)[C@H](CC2CCCCC2)N(C)C(=O)CN(C)C(=O)CN(C)C1=O. The molecule has 90 heavy (non-hydrogen) atoms. The number of halogens is 4. The van der Waals surface area contributed by atoms with E-state index in [9.17, 15) is 51.5 Å². The van der Waals surface area contributed by atoms with E-state index in [-0.39, 0.29) is 69.1 Å². The van der Waals surface area contributed by atoms with Gasteiger partial charge >= 0.3 is 6.18 Å². The van der Waals surface area contributed by atoms with Crippen LogP contribution in [0.2, 0.25) is 5.02 Å². The van der Waals surface area contributed by atoms with Gasteiger partial charge < -0.3 is 55.6 Å². The van der Waals surface area contributed by atoms with Crippen LogP contribution in [0.1, 0.15) is 163 Å². The first kappa shape index (κ1) is 75.9. The second-order valence-electron chi connectivity index (χ2n) is 26.5. The van der Waals surface area contributed by atoms with Crippen molar-refractivity contribution in [2.24, 2.45) is 23.7 Å². The zero-order valence-corrected chi connectivity index (χ0v) is 56.4. The molecule has 3 fully saturated rings. The molecule has 0 unspecified atom stereocenters. The molecule has 1 aromatic carbocycles. The molecule has 8 atom stereocenters. The van der Waals surface area contributed by atoms with Crippen LogP contribution in [0.5, 0.6) is 0 Å². The van der Waals surface area contributed by atoms with E-state index in [4.69, 9.17) is 11.6 Å². The van der Waals surface area contributed by atoms with Crippen molar-refractivity contribution in [1.29, 1.82) is 0 Å². The summed E-state index contributed by atoms with van der Waals surface area (Å²) < 4.78 is 41.4. The molecule has 2 saturated carbocycles. The molecule has 26 heteroatoms. The second kappa shape index (κ2) is 33.7. The van der Waals surface area contributed by atoms with E-state index >= 15 is 14.4 Å². The summed E-state index contributed by atoms with van der Waals surface area (Å²) >= 11 is 6.12. The Bertz CT molecular complexity index is 2720. The maximum Gasteiger partial charge on any atom is 0.417 e. The van der Waals surface area contributed by atoms with E-state index in [0.29, 0.717) is 24.8 Å². The molecule has 0 aromatic heterocycles. The van der Waals surface area contributed by atoms with Gasteiger partial charge in [0.25, 0.3) is 0 Å². The summed E-state index contributed by atoms with van der Waals surface area (Å²) in [5.74, 6) is -7.84. The van der Waals surface area contributed by atoms with Gasteiger partial charge in [0, 0.05) is 61.8 Å². The highest BCUT2D eigenvalue weighted by Crippen LogP contribution is 2.36. The largest absolute Gasteiger partial charge is 0.417 e. The van der Waals surface area contributed by atoms with Crippen molar-refractivity contribution >= 4 is 76.6 Å². The highest BCUT2D eigenvalue weighted by atomic mass is 35.5. The number of hydrogen-bond donors (Lipinski definition) is 4. The van der Waals surface area contributed by atoms with Crippen LogP contribution in [0.4, 0.5) is 13.2 Å². The monoisotopic (exact) mass is 1290 g/mol. The standard InChI is InChI=1S/C64H101ClF3N11O11/c1-16-40(6)55-61(89)75(11)36-53(82)73(9)37-54(83)77(13)50(34-43-22-18-17-19-23-43)60(88)74(10)35-51(80)70-47(27-25-44-24-26-45(46(65)33-44)64(66,67)68)59(87)78(14)49(31-39(4)5)58(86)72-63(28-20-21-29-63)62(90)79(15)48(30-38(2)3)57(85)69-41(7)32-52(81)76(12)42(8)56(84)71-55/h24,26,33,38-43,47-50,55H,16-23,25,27-32,34-37H2,1-15H3,(H,69,85)(H,70,80)(H,71,84)(H,72,86)/t40-,41+,42-,47-,48-,49-,50-,55-/m0/s1. The minimum Gasteiger partial charge on any atom is -0.351 e. The van der Waals surface area contributed by atoms with E-state index in [0.717, 1.165) is 58.9 Å². The molecule has 1 saturated heterocycles. The number of likely N-dealkylation sites (N-methyl/N-ethyl adjacent to an activating group) is 7. The zero-order valence-electron chi connectivity index (χ0n) is 55.7. The first-order valence-electron chi connectivity index (χ1n) is 31.8. The van der Waals surface area contributed by atoms with Crippen molar-refractivity contribution in [2.75, 3.05) is 69.0 Å². The van der Waals surface area contributed by atoms with Crippen molar-refractivity contribution in [3.63, 3.8) is 0 Å². The molecule has 4 rings (SSSR count). The van der Waals surface area contributed by atoms with Crippen LogP contribution in [0.25, 0.3) is 0 Å². The van der Waals surface area contributed by atoms with Gasteiger partial charge in [-0.15, -0.1) is 0 Å². The Balaban J connectivity index is 1.82. The maximum absolute atomic E-state index is 15.1. The lowest BCUT2D eigenvalue weighted by molar-refractivity contribution is -0.149. The third kappa shape index (κ3) is 20.7. The van der Waals surface area contributed by atoms with E-state index < -0.39 is 155 Å². The van der Waals surface area contributed by atoms with Crippen LogP contribution in [0.15, 0.2) is 18.2 Å². The summed E-state index contributed by atoms with van der Waals surface area (Å²) in [6, 6.07) is -4.82. The molecule has 1 aromatic rings. The predicted octanol–water partition coefficient (Wildman–Crippen LogP) is 5.41. The number of alkyl halides is 3. The Morgan fingerprint density at radius 1 is 0.611 bits per heavy atom. The number of amides is 11. The van der Waals surface area contributed by atoms with Gasteiger partial charge in [-0.2, -0.15) is 13.2 Å². The molecule has 1 aliphatic heterocycles. The summed E-state index contributed by atoms with van der Waals surface area (Å²) in [5, 5.41) is 10.8. The quantitative estimate of drug-likeness (QED) is 0.218. The molecule has 1 heterocycles. The summed E-state index contributed by atoms with van der Waals surface area (Å²) in [5.41, 5.74) is -2.30. The van der Waals surface area contributed by atoms with Crippen molar-refractivity contribution in [3.8, 4) is 0 Å². The highest BCUT2D eigenvalue weighted by Gasteiger charge is 2.48. The van der Waals surface area contributed by atoms with E-state index in [2.05, 4.69) is 21.3 Å². The highest BCUT2D eigenvalue weighted by molar-refractivity contribution is 6.31. The molecule has 1 spiro atoms. The number of hydrogen-bond acceptors (Lipinski definition) is 11. The summed E-state index contributed by atoms with van der Waals surface area (Å²) in [6.07, 6.45) is 1.42. The Morgan fingerprint density at radius 3 is 1.73 bits per heavy atom. The van der Waals surface area contributed by atoms with Gasteiger partial charge in [-0.25, -0.2) is 0 Å². The van der Waals surface area contributed by atoms with Gasteiger partial charge in [-0.3, -0.25) is 52.7 Å². The Hall–Kier alpha value is -6.53. The zero-order chi connectivity index (χ0) is 67.9. The van der Waals surface area contributed by atoms with Crippen molar-refractivity contribution < 1.29 is 65.9 Å². The van der Waals surface area contributed by atoms with Crippen LogP contribution in [-0.2, 0) is 65.3 Å². The van der Waals surface area contributed by atoms with Crippen molar-refractivity contribution in [1.82, 2.24) is 55.6 Å². The third-order valence-electron chi connectivity index (χ3n) is 18.3. The van der Waals surface area contributed by atoms with Gasteiger partial charge in [-0.1, -0.05) is 111 Å². The fraction of sp³-hybridized carbons (Fsp3) is 0.734. The number of benzene rings is 1. The summed E-state index contributed by atoms with van der Waals surface area (Å²) in [7, 11) is 9.83. The van der Waals surface area contributed by atoms with Crippen molar-refractivity contribution in [2.45, 2.75) is 212 Å². The van der Waals surface area contributed by atoms with Gasteiger partial charge in [0.05, 0.1) is 30.2 Å². The molecule has 506 valence electrons. The molecular formula is C64H101ClF3N11O11. The lowest BCUT2D eigenvalue weighted by Crippen LogP contribution is -2.64. The van der Waals surface area contributed by atoms with E-state index in [1.54, 1.807) is 13.8 Å². The van der Waals surface area contributed by atoms with Crippen LogP contribution in [-0.4, -0.2) is 216 Å². The fourth-order valence-corrected chi connectivity index (χ4v) is 12.5. The smallest absolute Gasteiger partial charge is 0.351 e. The number of rotatable bonds is 11. The van der Waals surface area contributed by atoms with Gasteiger partial charge in [0.15, 0.2) is 0 Å². The Kier molecular flexibility index (Phi) is 28.4. The van der Waals surface area contributed by atoms with Crippen LogP contribution in [0.3, 0.4) is 0 Å². The van der Waals surface area contributed by atoms with E-state index in [1.807, 2.05) is 34.6 Å². The average Bonchev–Trinajstić information content (AvgIpc) is 1.59. The number of aryl methyl sites for hydroxylation is 1. The first-order chi connectivity index (χ1) is 41.9. The molecule has 3 aliphatic rings. The molecule has 2 aliphatic carbocycles. The number of carbonyl (C=O) groups is 11. The lowest BCUT2D eigenvalue weighted by Gasteiger charge is -2.39. The van der Waals surface area contributed by atoms with Crippen LogP contribution >= 0.6 is 11.6 Å². The number of nitrogens with zero attached hydrogens (tertiary/aromatic N) is 7. The molecule has 0 radical (unpaired) electrons. The van der Waals surface area contributed by atoms with Crippen LogP contribution in [0, 0.1) is 23.7 Å². The topological polar surface area (TPSA) is 259 Å². The van der Waals surface area contributed by atoms with E-state index in [1.165, 1.54) is 81.9 Å². The molecule has 0 bridgehead atoms. The molecule has 4 N–H and O–H groups in total. The predicted molar refractivity (Wildman–Crippen MR) is 335 cm³/mol. The average molecular weight is 1290 g/mol. The van der Waals surface area contributed by atoms with Gasteiger partial charge in [0.2, 0.25) is 65.0 Å². The Labute approximate surface area is 535 Å². The van der Waals surface area contributed by atoms with Crippen molar-refractivity contribution in [3.05, 3.63) is 34.3 Å². The minimum absolute atomic E-state index is 0.0275. The maximum atomic E-state index is 15.1. The first-order valence-corrected chi connectivity index (χ1v) is 32.2. The van der Waals surface area contributed by atoms with Gasteiger partial charge in [0.1, 0.15) is 41.8 Å². The molecular weight excluding hydrogens is 1190 g/mol. The number of carbonyl (C=O) groups excluding carboxylic acids is 11. The lowest BCUT2D eigenvalue weighted by atomic mass is 9.84. The summed E-state index contributed by atoms with van der Waals surface area (Å²) in [6.45, 7) is 12.5. The molecule has 11 amide bonds. The third-order valence-corrected chi connectivity index (χ3v) is 18.6. The normalized spacial score (nSPS) is 25.7. The minimum atomic E-state index is -4.75. The Morgan fingerprint density at radius 2 is 1.18 bits per heavy atom.